The highest BCUT2D eigenvalue weighted by Gasteiger charge is 2.56. The van der Waals surface area contributed by atoms with Crippen molar-refractivity contribution in [2.75, 3.05) is 13.2 Å². The summed E-state index contributed by atoms with van der Waals surface area (Å²) in [6.07, 6.45) is 24.0. The van der Waals surface area contributed by atoms with Crippen LogP contribution in [0.1, 0.15) is 116 Å². The van der Waals surface area contributed by atoms with E-state index in [4.69, 9.17) is 23.7 Å². The summed E-state index contributed by atoms with van der Waals surface area (Å²) in [6.45, 7) is 1.39. The molecule has 0 spiro atoms. The molecule has 12 aliphatic carbocycles. The summed E-state index contributed by atoms with van der Waals surface area (Å²) in [4.78, 5) is 0. The van der Waals surface area contributed by atoms with Crippen molar-refractivity contribution in [3.8, 4) is 23.0 Å². The zero-order valence-electron chi connectivity index (χ0n) is 26.6. The fourth-order valence-corrected chi connectivity index (χ4v) is 14.4. The van der Waals surface area contributed by atoms with Crippen LogP contribution in [0.25, 0.3) is 0 Å². The first kappa shape index (κ1) is 26.4. The largest absolute Gasteiger partial charge is 0.487 e. The maximum Gasteiger partial charge on any atom is 0.166 e. The Balaban J connectivity index is 0.982. The third-order valence-electron chi connectivity index (χ3n) is 14.8. The number of ether oxygens (including phenoxy) is 5. The highest BCUT2D eigenvalue weighted by Crippen LogP contribution is 2.62. The van der Waals surface area contributed by atoms with Gasteiger partial charge in [0.05, 0.1) is 6.61 Å². The second-order valence-electron chi connectivity index (χ2n) is 18.6. The molecule has 12 saturated carbocycles. The van der Waals surface area contributed by atoms with Gasteiger partial charge in [0, 0.05) is 12.1 Å². The Bertz CT molecular complexity index is 1220. The molecule has 13 aliphatic rings. The Labute approximate surface area is 263 Å². The SMILES string of the molecule is c1c(OCC2CO2)c(OC23CC4CC(CC(C4)C2)C3)cc(OC23CC4CC(CC(C4)C2)C3)c1OC12CC3CC(CC(C3)C1)C2. The van der Waals surface area contributed by atoms with Gasteiger partial charge in [0.25, 0.3) is 0 Å². The van der Waals surface area contributed by atoms with E-state index in [9.17, 15) is 0 Å². The van der Waals surface area contributed by atoms with Crippen LogP contribution in [0.3, 0.4) is 0 Å². The summed E-state index contributed by atoms with van der Waals surface area (Å²) in [6, 6.07) is 4.47. The molecule has 1 aromatic carbocycles. The van der Waals surface area contributed by atoms with Gasteiger partial charge >= 0.3 is 0 Å². The summed E-state index contributed by atoms with van der Waals surface area (Å²) < 4.78 is 34.3. The Hall–Kier alpha value is -1.62. The van der Waals surface area contributed by atoms with Gasteiger partial charge in [0.2, 0.25) is 0 Å². The van der Waals surface area contributed by atoms with E-state index in [2.05, 4.69) is 12.1 Å². The fraction of sp³-hybridized carbons (Fsp3) is 0.846. The third-order valence-corrected chi connectivity index (χ3v) is 14.8. The van der Waals surface area contributed by atoms with Crippen LogP contribution < -0.4 is 18.9 Å². The molecule has 0 N–H and O–H groups in total. The number of hydrogen-bond acceptors (Lipinski definition) is 5. The van der Waals surface area contributed by atoms with Crippen molar-refractivity contribution in [1.29, 1.82) is 0 Å². The summed E-state index contributed by atoms with van der Waals surface area (Å²) in [5, 5.41) is 0. The van der Waals surface area contributed by atoms with Crippen LogP contribution in [0.2, 0.25) is 0 Å². The van der Waals surface area contributed by atoms with Gasteiger partial charge in [-0.3, -0.25) is 0 Å². The molecule has 1 aliphatic heterocycles. The second-order valence-corrected chi connectivity index (χ2v) is 18.6. The smallest absolute Gasteiger partial charge is 0.166 e. The Morgan fingerprint density at radius 3 is 1.02 bits per heavy atom. The van der Waals surface area contributed by atoms with Crippen LogP contribution >= 0.6 is 0 Å². The standard InChI is InChI=1S/C39H52O5/c1-23-2-25-3-24(1)13-37(12-23,14-25)42-34-11-36(44-39-18-29-7-30(19-39)9-31(8-29)20-39)35(10-33(34)41-22-32-21-40-32)43-38-15-26-4-27(16-38)6-28(5-26)17-38/h10-11,23-32H,1-9,12-22H2. The van der Waals surface area contributed by atoms with Crippen LogP contribution in [-0.4, -0.2) is 36.1 Å². The molecule has 0 amide bonds. The van der Waals surface area contributed by atoms with Crippen molar-refractivity contribution in [2.45, 2.75) is 138 Å². The molecule has 1 saturated heterocycles. The minimum atomic E-state index is -0.0385. The molecule has 0 aromatic heterocycles. The molecule has 1 unspecified atom stereocenters. The van der Waals surface area contributed by atoms with Gasteiger partial charge in [0.15, 0.2) is 23.0 Å². The Morgan fingerprint density at radius 2 is 0.727 bits per heavy atom. The van der Waals surface area contributed by atoms with E-state index in [0.29, 0.717) is 6.61 Å². The minimum absolute atomic E-state index is 0.0312. The summed E-state index contributed by atoms with van der Waals surface area (Å²) >= 11 is 0. The van der Waals surface area contributed by atoms with E-state index in [-0.39, 0.29) is 22.9 Å². The van der Waals surface area contributed by atoms with Crippen molar-refractivity contribution < 1.29 is 23.7 Å². The molecule has 12 bridgehead atoms. The second kappa shape index (κ2) is 9.26. The van der Waals surface area contributed by atoms with E-state index in [0.717, 1.165) is 82.9 Å². The molecule has 13 fully saturated rings. The summed E-state index contributed by atoms with van der Waals surface area (Å²) in [5.41, 5.74) is -0.104. The molecule has 5 heteroatoms. The molecule has 1 aromatic rings. The summed E-state index contributed by atoms with van der Waals surface area (Å²) in [5.74, 6) is 11.2. The lowest BCUT2D eigenvalue weighted by molar-refractivity contribution is -0.121. The van der Waals surface area contributed by atoms with Crippen LogP contribution in [0, 0.1) is 53.3 Å². The van der Waals surface area contributed by atoms with Gasteiger partial charge in [-0.2, -0.15) is 0 Å². The first-order chi connectivity index (χ1) is 21.4. The van der Waals surface area contributed by atoms with Gasteiger partial charge in [0.1, 0.15) is 29.5 Å². The average Bonchev–Trinajstić information content (AvgIpc) is 3.76. The van der Waals surface area contributed by atoms with E-state index in [1.54, 1.807) is 0 Å². The van der Waals surface area contributed by atoms with Crippen molar-refractivity contribution in [2.24, 2.45) is 53.3 Å². The van der Waals surface area contributed by atoms with Gasteiger partial charge in [-0.1, -0.05) is 0 Å². The van der Waals surface area contributed by atoms with Gasteiger partial charge in [-0.15, -0.1) is 0 Å². The molecule has 238 valence electrons. The molecule has 1 heterocycles. The molecule has 5 nitrogen and oxygen atoms in total. The van der Waals surface area contributed by atoms with Crippen molar-refractivity contribution in [3.05, 3.63) is 12.1 Å². The Morgan fingerprint density at radius 1 is 0.455 bits per heavy atom. The van der Waals surface area contributed by atoms with Gasteiger partial charge < -0.3 is 23.7 Å². The first-order valence-electron chi connectivity index (χ1n) is 18.9. The minimum Gasteiger partial charge on any atom is -0.487 e. The average molecular weight is 601 g/mol. The number of hydrogen-bond donors (Lipinski definition) is 0. The van der Waals surface area contributed by atoms with Gasteiger partial charge in [-0.25, -0.2) is 0 Å². The van der Waals surface area contributed by atoms with Crippen molar-refractivity contribution in [3.63, 3.8) is 0 Å². The highest BCUT2D eigenvalue weighted by molar-refractivity contribution is 5.55. The van der Waals surface area contributed by atoms with Gasteiger partial charge in [-0.05, 0) is 169 Å². The Kier molecular flexibility index (Phi) is 5.56. The quantitative estimate of drug-likeness (QED) is 0.266. The van der Waals surface area contributed by atoms with Crippen LogP contribution in [0.5, 0.6) is 23.0 Å². The zero-order chi connectivity index (χ0) is 28.7. The lowest BCUT2D eigenvalue weighted by Crippen LogP contribution is -2.54. The lowest BCUT2D eigenvalue weighted by atomic mass is 9.54. The first-order valence-corrected chi connectivity index (χ1v) is 18.9. The number of epoxide rings is 1. The lowest BCUT2D eigenvalue weighted by Gasteiger charge is -2.57. The normalized spacial score (nSPS) is 51.5. The number of rotatable bonds is 9. The molecular formula is C39H52O5. The van der Waals surface area contributed by atoms with Crippen LogP contribution in [-0.2, 0) is 4.74 Å². The van der Waals surface area contributed by atoms with Crippen LogP contribution in [0.15, 0.2) is 12.1 Å². The maximum absolute atomic E-state index is 7.43. The number of benzene rings is 1. The molecule has 14 rings (SSSR count). The molecular weight excluding hydrogens is 548 g/mol. The topological polar surface area (TPSA) is 49.5 Å². The van der Waals surface area contributed by atoms with Crippen molar-refractivity contribution >= 4 is 0 Å². The molecule has 0 radical (unpaired) electrons. The predicted molar refractivity (Wildman–Crippen MR) is 166 cm³/mol. The molecule has 44 heavy (non-hydrogen) atoms. The summed E-state index contributed by atoms with van der Waals surface area (Å²) in [7, 11) is 0. The maximum atomic E-state index is 7.43. The zero-order valence-corrected chi connectivity index (χ0v) is 26.6. The van der Waals surface area contributed by atoms with Crippen LogP contribution in [0.4, 0.5) is 0 Å². The third kappa shape index (κ3) is 4.47. The van der Waals surface area contributed by atoms with Crippen molar-refractivity contribution in [1.82, 2.24) is 0 Å². The van der Waals surface area contributed by atoms with E-state index >= 15 is 0 Å². The van der Waals surface area contributed by atoms with E-state index < -0.39 is 0 Å². The highest BCUT2D eigenvalue weighted by atomic mass is 16.6. The fourth-order valence-electron chi connectivity index (χ4n) is 14.4. The predicted octanol–water partition coefficient (Wildman–Crippen LogP) is 8.51. The van der Waals surface area contributed by atoms with E-state index in [1.165, 1.54) is 116 Å². The molecule has 1 atom stereocenters. The van der Waals surface area contributed by atoms with E-state index in [1.807, 2.05) is 0 Å². The monoisotopic (exact) mass is 600 g/mol.